The number of hydrogen-bond acceptors (Lipinski definition) is 4. The van der Waals surface area contributed by atoms with Crippen LogP contribution >= 0.6 is 0 Å². The van der Waals surface area contributed by atoms with Crippen LogP contribution in [0.2, 0.25) is 0 Å². The number of nitrogens with zero attached hydrogens (tertiary/aromatic N) is 4. The van der Waals surface area contributed by atoms with E-state index in [4.69, 9.17) is 0 Å². The van der Waals surface area contributed by atoms with Gasteiger partial charge in [-0.3, -0.25) is 9.67 Å². The Hall–Kier alpha value is -1.57. The Morgan fingerprint density at radius 2 is 2.24 bits per heavy atom. The van der Waals surface area contributed by atoms with E-state index in [1.165, 1.54) is 0 Å². The van der Waals surface area contributed by atoms with E-state index in [2.05, 4.69) is 15.4 Å². The van der Waals surface area contributed by atoms with Gasteiger partial charge in [-0.25, -0.2) is 8.42 Å². The Balaban J connectivity index is 2.04. The maximum atomic E-state index is 12.1. The molecule has 1 aromatic rings. The molecule has 1 aromatic heterocycles. The molecule has 7 nitrogen and oxygen atoms in total. The van der Waals surface area contributed by atoms with Crippen LogP contribution in [0.1, 0.15) is 19.5 Å². The Bertz CT molecular complexity index is 633. The van der Waals surface area contributed by atoms with Crippen LogP contribution in [0.25, 0.3) is 0 Å². The van der Waals surface area contributed by atoms with Crippen molar-refractivity contribution < 1.29 is 8.42 Å². The number of aryl methyl sites for hydroxylation is 1. The van der Waals surface area contributed by atoms with E-state index in [0.717, 1.165) is 11.7 Å². The molecule has 1 fully saturated rings. The fourth-order valence-electron chi connectivity index (χ4n) is 2.40. The normalized spacial score (nSPS) is 21.3. The van der Waals surface area contributed by atoms with E-state index in [-0.39, 0.29) is 5.75 Å². The molecule has 0 atom stereocenters. The maximum absolute atomic E-state index is 12.1. The van der Waals surface area contributed by atoms with Crippen LogP contribution in [0, 0.1) is 0 Å². The van der Waals surface area contributed by atoms with Gasteiger partial charge in [-0.2, -0.15) is 5.10 Å². The van der Waals surface area contributed by atoms with Crippen LogP contribution < -0.4 is 5.32 Å². The smallest absolute Gasteiger partial charge is 0.194 e. The molecule has 0 saturated carbocycles. The number of aromatic nitrogens is 2. The van der Waals surface area contributed by atoms with E-state index in [1.54, 1.807) is 31.8 Å². The lowest BCUT2D eigenvalue weighted by molar-refractivity contribution is 0.353. The van der Waals surface area contributed by atoms with Crippen LogP contribution in [0.15, 0.2) is 17.3 Å². The van der Waals surface area contributed by atoms with E-state index in [0.29, 0.717) is 19.6 Å². The van der Waals surface area contributed by atoms with Crippen molar-refractivity contribution in [3.05, 3.63) is 18.0 Å². The molecule has 1 aliphatic rings. The third kappa shape index (κ3) is 3.20. The van der Waals surface area contributed by atoms with E-state index in [9.17, 15) is 8.42 Å². The Kier molecular flexibility index (Phi) is 4.27. The minimum Gasteiger partial charge on any atom is -0.351 e. The lowest BCUT2D eigenvalue weighted by Crippen LogP contribution is -2.57. The van der Waals surface area contributed by atoms with Gasteiger partial charge in [0.1, 0.15) is 0 Å². The molecular formula is C13H23N5O2S. The average Bonchev–Trinajstić information content (AvgIpc) is 2.80. The van der Waals surface area contributed by atoms with Gasteiger partial charge in [0, 0.05) is 33.4 Å². The summed E-state index contributed by atoms with van der Waals surface area (Å²) in [5.74, 6) is 0.881. The van der Waals surface area contributed by atoms with Gasteiger partial charge in [-0.05, 0) is 19.9 Å². The fourth-order valence-corrected chi connectivity index (χ4v) is 3.77. The summed E-state index contributed by atoms with van der Waals surface area (Å²) in [6.07, 6.45) is 1.75. The molecule has 0 spiro atoms. The molecular weight excluding hydrogens is 290 g/mol. The minimum absolute atomic E-state index is 0.159. The molecule has 0 aromatic carbocycles. The van der Waals surface area contributed by atoms with Crippen molar-refractivity contribution in [3.63, 3.8) is 0 Å². The number of rotatable bonds is 2. The zero-order valence-corrected chi connectivity index (χ0v) is 13.8. The summed E-state index contributed by atoms with van der Waals surface area (Å²) in [4.78, 5) is 6.26. The molecule has 0 bridgehead atoms. The predicted molar refractivity (Wildman–Crippen MR) is 82.8 cm³/mol. The lowest BCUT2D eigenvalue weighted by atomic mass is 10.2. The highest BCUT2D eigenvalue weighted by Crippen LogP contribution is 2.23. The monoisotopic (exact) mass is 313 g/mol. The highest BCUT2D eigenvalue weighted by Gasteiger charge is 2.40. The quantitative estimate of drug-likeness (QED) is 0.614. The van der Waals surface area contributed by atoms with Crippen molar-refractivity contribution in [1.82, 2.24) is 20.0 Å². The number of guanidine groups is 1. The molecule has 0 radical (unpaired) electrons. The van der Waals surface area contributed by atoms with Gasteiger partial charge < -0.3 is 10.2 Å². The standard InChI is InChI=1S/C13H23N5O2S/c1-13(2)10-18(7-8-21(13,19)20)12(14-3)15-9-11-5-6-16-17(11)4/h5-6H,7-10H2,1-4H3,(H,14,15). The second kappa shape index (κ2) is 5.67. The molecule has 8 heteroatoms. The zero-order chi connectivity index (χ0) is 15.7. The van der Waals surface area contributed by atoms with Crippen molar-refractivity contribution in [2.24, 2.45) is 12.0 Å². The number of hydrogen-bond donors (Lipinski definition) is 1. The lowest BCUT2D eigenvalue weighted by Gasteiger charge is -2.39. The maximum Gasteiger partial charge on any atom is 0.194 e. The third-order valence-electron chi connectivity index (χ3n) is 3.90. The molecule has 1 aliphatic heterocycles. The molecule has 0 aliphatic carbocycles. The second-order valence-electron chi connectivity index (χ2n) is 5.85. The summed E-state index contributed by atoms with van der Waals surface area (Å²) >= 11 is 0. The first-order valence-corrected chi connectivity index (χ1v) is 8.57. The van der Waals surface area contributed by atoms with Gasteiger partial charge in [0.2, 0.25) is 0 Å². The highest BCUT2D eigenvalue weighted by molar-refractivity contribution is 7.92. The van der Waals surface area contributed by atoms with Crippen molar-refractivity contribution in [2.45, 2.75) is 25.1 Å². The summed E-state index contributed by atoms with van der Waals surface area (Å²) in [6.45, 7) is 5.05. The van der Waals surface area contributed by atoms with Crippen molar-refractivity contribution >= 4 is 15.8 Å². The van der Waals surface area contributed by atoms with Crippen LogP contribution in [-0.4, -0.2) is 59.7 Å². The number of aliphatic imine (C=N–C) groups is 1. The summed E-state index contributed by atoms with van der Waals surface area (Å²) in [5.41, 5.74) is 1.04. The van der Waals surface area contributed by atoms with Crippen molar-refractivity contribution in [2.75, 3.05) is 25.9 Å². The van der Waals surface area contributed by atoms with Gasteiger partial charge in [0.15, 0.2) is 15.8 Å². The highest BCUT2D eigenvalue weighted by atomic mass is 32.2. The zero-order valence-electron chi connectivity index (χ0n) is 13.0. The molecule has 2 rings (SSSR count). The van der Waals surface area contributed by atoms with Gasteiger partial charge in [-0.1, -0.05) is 0 Å². The van der Waals surface area contributed by atoms with Crippen molar-refractivity contribution in [1.29, 1.82) is 0 Å². The largest absolute Gasteiger partial charge is 0.351 e. The fraction of sp³-hybridized carbons (Fsp3) is 0.692. The first kappa shape index (κ1) is 15.8. The summed E-state index contributed by atoms with van der Waals surface area (Å²) in [7, 11) is 0.556. The van der Waals surface area contributed by atoms with Crippen LogP contribution in [0.3, 0.4) is 0 Å². The summed E-state index contributed by atoms with van der Waals surface area (Å²) < 4.78 is 25.1. The van der Waals surface area contributed by atoms with Gasteiger partial charge in [-0.15, -0.1) is 0 Å². The first-order valence-electron chi connectivity index (χ1n) is 6.91. The molecule has 21 heavy (non-hydrogen) atoms. The van der Waals surface area contributed by atoms with E-state index in [1.807, 2.05) is 18.0 Å². The van der Waals surface area contributed by atoms with Gasteiger partial charge in [0.25, 0.3) is 0 Å². The minimum atomic E-state index is -3.04. The number of sulfone groups is 1. The predicted octanol–water partition coefficient (Wildman–Crippen LogP) is 0.00450. The molecule has 118 valence electrons. The Labute approximate surface area is 126 Å². The van der Waals surface area contributed by atoms with Crippen LogP contribution in [0.5, 0.6) is 0 Å². The van der Waals surface area contributed by atoms with Gasteiger partial charge in [0.05, 0.1) is 22.7 Å². The van der Waals surface area contributed by atoms with Crippen molar-refractivity contribution in [3.8, 4) is 0 Å². The van der Waals surface area contributed by atoms with E-state index < -0.39 is 14.6 Å². The number of nitrogens with one attached hydrogen (secondary N) is 1. The molecule has 2 heterocycles. The van der Waals surface area contributed by atoms with Crippen LogP contribution in [-0.2, 0) is 23.4 Å². The molecule has 1 saturated heterocycles. The average molecular weight is 313 g/mol. The molecule has 1 N–H and O–H groups in total. The summed E-state index contributed by atoms with van der Waals surface area (Å²) in [6, 6.07) is 1.94. The topological polar surface area (TPSA) is 79.6 Å². The third-order valence-corrected chi connectivity index (χ3v) is 6.44. The first-order chi connectivity index (χ1) is 9.77. The Morgan fingerprint density at radius 3 is 2.76 bits per heavy atom. The van der Waals surface area contributed by atoms with Crippen LogP contribution in [0.4, 0.5) is 0 Å². The SMILES string of the molecule is CN=C(NCc1ccnn1C)N1CCS(=O)(=O)C(C)(C)C1. The summed E-state index contributed by atoms with van der Waals surface area (Å²) in [5, 5.41) is 7.39. The molecule has 0 unspecified atom stereocenters. The molecule has 0 amide bonds. The second-order valence-corrected chi connectivity index (χ2v) is 8.59. The van der Waals surface area contributed by atoms with Gasteiger partial charge >= 0.3 is 0 Å². The van der Waals surface area contributed by atoms with E-state index >= 15 is 0 Å². The Morgan fingerprint density at radius 1 is 1.52 bits per heavy atom.